The average Bonchev–Trinajstić information content (AvgIpc) is 2.60. The van der Waals surface area contributed by atoms with Crippen molar-refractivity contribution >= 4 is 5.91 Å². The number of nitrogens with two attached hydrogens (primary N) is 1. The third-order valence-electron chi connectivity index (χ3n) is 1.63. The minimum atomic E-state index is -0.508. The van der Waals surface area contributed by atoms with E-state index in [1.54, 1.807) is 0 Å². The van der Waals surface area contributed by atoms with Crippen molar-refractivity contribution in [2.45, 2.75) is 19.9 Å². The van der Waals surface area contributed by atoms with Gasteiger partial charge in [0.25, 0.3) is 0 Å². The van der Waals surface area contributed by atoms with Crippen molar-refractivity contribution in [1.29, 1.82) is 0 Å². The number of hydroxylamine groups is 1. The first-order chi connectivity index (χ1) is 6.72. The average molecular weight is 198 g/mol. The van der Waals surface area contributed by atoms with Gasteiger partial charge in [0, 0.05) is 6.42 Å². The summed E-state index contributed by atoms with van der Waals surface area (Å²) in [6, 6.07) is 3.77. The minimum absolute atomic E-state index is 0.138. The van der Waals surface area contributed by atoms with E-state index in [0.29, 0.717) is 6.54 Å². The summed E-state index contributed by atoms with van der Waals surface area (Å²) in [7, 11) is 0. The highest BCUT2D eigenvalue weighted by atomic mass is 16.6. The lowest BCUT2D eigenvalue weighted by Gasteiger charge is -2.00. The maximum absolute atomic E-state index is 10.3. The Morgan fingerprint density at radius 1 is 1.57 bits per heavy atom. The molecular weight excluding hydrogens is 184 g/mol. The van der Waals surface area contributed by atoms with Crippen LogP contribution in [-0.4, -0.2) is 12.5 Å². The zero-order valence-corrected chi connectivity index (χ0v) is 8.08. The van der Waals surface area contributed by atoms with Crippen molar-refractivity contribution in [2.75, 3.05) is 6.61 Å². The van der Waals surface area contributed by atoms with Crippen molar-refractivity contribution in [1.82, 2.24) is 5.48 Å². The van der Waals surface area contributed by atoms with Crippen LogP contribution >= 0.6 is 0 Å². The minimum Gasteiger partial charge on any atom is -0.465 e. The van der Waals surface area contributed by atoms with Crippen LogP contribution in [0.25, 0.3) is 0 Å². The SMILES string of the molecule is CCc1ccc(CNOCC(N)=O)o1. The predicted octanol–water partition coefficient (Wildman–Crippen LogP) is 0.348. The molecule has 0 saturated carbocycles. The van der Waals surface area contributed by atoms with Gasteiger partial charge in [-0.25, -0.2) is 0 Å². The zero-order valence-electron chi connectivity index (χ0n) is 8.08. The van der Waals surface area contributed by atoms with E-state index in [0.717, 1.165) is 17.9 Å². The maximum Gasteiger partial charge on any atom is 0.245 e. The second-order valence-electron chi connectivity index (χ2n) is 2.80. The summed E-state index contributed by atoms with van der Waals surface area (Å²) in [6.07, 6.45) is 0.863. The Morgan fingerprint density at radius 3 is 2.86 bits per heavy atom. The molecule has 5 nitrogen and oxygen atoms in total. The lowest BCUT2D eigenvalue weighted by Crippen LogP contribution is -2.24. The van der Waals surface area contributed by atoms with E-state index in [1.165, 1.54) is 0 Å². The Balaban J connectivity index is 2.21. The number of aryl methyl sites for hydroxylation is 1. The molecule has 0 aliphatic carbocycles. The number of carbonyl (C=O) groups is 1. The van der Waals surface area contributed by atoms with Crippen molar-refractivity contribution in [2.24, 2.45) is 5.73 Å². The Labute approximate surface area is 82.2 Å². The molecule has 0 aromatic carbocycles. The molecule has 0 bridgehead atoms. The number of nitrogens with one attached hydrogen (secondary N) is 1. The summed E-state index contributed by atoms with van der Waals surface area (Å²) in [6.45, 7) is 2.30. The molecule has 0 aliphatic rings. The Bertz CT molecular complexity index is 296. The van der Waals surface area contributed by atoms with Crippen LogP contribution in [0.2, 0.25) is 0 Å². The molecule has 0 aliphatic heterocycles. The number of rotatable bonds is 6. The summed E-state index contributed by atoms with van der Waals surface area (Å²) >= 11 is 0. The fourth-order valence-corrected chi connectivity index (χ4v) is 0.952. The van der Waals surface area contributed by atoms with Crippen LogP contribution in [0.3, 0.4) is 0 Å². The van der Waals surface area contributed by atoms with Gasteiger partial charge in [0.15, 0.2) is 0 Å². The molecule has 0 fully saturated rings. The van der Waals surface area contributed by atoms with Gasteiger partial charge in [-0.2, -0.15) is 5.48 Å². The van der Waals surface area contributed by atoms with Gasteiger partial charge in [0.05, 0.1) is 6.54 Å². The quantitative estimate of drug-likeness (QED) is 0.510. The highest BCUT2D eigenvalue weighted by molar-refractivity contribution is 5.74. The number of furan rings is 1. The number of amides is 1. The molecule has 5 heteroatoms. The van der Waals surface area contributed by atoms with Gasteiger partial charge < -0.3 is 10.2 Å². The highest BCUT2D eigenvalue weighted by Gasteiger charge is 2.00. The fourth-order valence-electron chi connectivity index (χ4n) is 0.952. The Hall–Kier alpha value is -1.33. The highest BCUT2D eigenvalue weighted by Crippen LogP contribution is 2.07. The molecule has 1 aromatic heterocycles. The number of carbonyl (C=O) groups excluding carboxylic acids is 1. The summed E-state index contributed by atoms with van der Waals surface area (Å²) in [4.78, 5) is 15.1. The predicted molar refractivity (Wildman–Crippen MR) is 50.1 cm³/mol. The van der Waals surface area contributed by atoms with Gasteiger partial charge in [0.1, 0.15) is 18.1 Å². The lowest BCUT2D eigenvalue weighted by atomic mass is 10.4. The topological polar surface area (TPSA) is 77.5 Å². The van der Waals surface area contributed by atoms with E-state index in [-0.39, 0.29) is 6.61 Å². The van der Waals surface area contributed by atoms with Gasteiger partial charge in [-0.15, -0.1) is 0 Å². The van der Waals surface area contributed by atoms with Gasteiger partial charge in [-0.05, 0) is 12.1 Å². The van der Waals surface area contributed by atoms with Crippen molar-refractivity contribution in [3.63, 3.8) is 0 Å². The summed E-state index contributed by atoms with van der Waals surface area (Å²) in [5, 5.41) is 0. The third-order valence-corrected chi connectivity index (χ3v) is 1.63. The lowest BCUT2D eigenvalue weighted by molar-refractivity contribution is -0.125. The van der Waals surface area contributed by atoms with Crippen molar-refractivity contribution < 1.29 is 14.0 Å². The first-order valence-corrected chi connectivity index (χ1v) is 4.43. The molecule has 78 valence electrons. The summed E-state index contributed by atoms with van der Waals surface area (Å²) in [5.41, 5.74) is 7.45. The molecule has 0 saturated heterocycles. The molecular formula is C9H14N2O3. The van der Waals surface area contributed by atoms with E-state index in [2.05, 4.69) is 5.48 Å². The van der Waals surface area contributed by atoms with Crippen LogP contribution in [0.1, 0.15) is 18.4 Å². The Kier molecular flexibility index (Phi) is 4.15. The smallest absolute Gasteiger partial charge is 0.245 e. The van der Waals surface area contributed by atoms with Crippen LogP contribution in [0.5, 0.6) is 0 Å². The van der Waals surface area contributed by atoms with Crippen LogP contribution in [-0.2, 0) is 22.6 Å². The van der Waals surface area contributed by atoms with E-state index in [9.17, 15) is 4.79 Å². The molecule has 14 heavy (non-hydrogen) atoms. The number of hydrogen-bond donors (Lipinski definition) is 2. The summed E-state index contributed by atoms with van der Waals surface area (Å²) in [5.74, 6) is 1.19. The number of hydrogen-bond acceptors (Lipinski definition) is 4. The normalized spacial score (nSPS) is 10.4. The number of primary amides is 1. The fraction of sp³-hybridized carbons (Fsp3) is 0.444. The molecule has 0 radical (unpaired) electrons. The van der Waals surface area contributed by atoms with Crippen LogP contribution < -0.4 is 11.2 Å². The summed E-state index contributed by atoms with van der Waals surface area (Å²) < 4.78 is 5.38. The molecule has 1 aromatic rings. The monoisotopic (exact) mass is 198 g/mol. The van der Waals surface area contributed by atoms with E-state index in [1.807, 2.05) is 19.1 Å². The Morgan fingerprint density at radius 2 is 2.29 bits per heavy atom. The standard InChI is InChI=1S/C9H14N2O3/c1-2-7-3-4-8(14-7)5-11-13-6-9(10)12/h3-4,11H,2,5-6H2,1H3,(H2,10,12). The van der Waals surface area contributed by atoms with Gasteiger partial charge in [-0.3, -0.25) is 9.63 Å². The molecule has 0 atom stereocenters. The molecule has 0 spiro atoms. The van der Waals surface area contributed by atoms with Gasteiger partial charge in [0.2, 0.25) is 5.91 Å². The largest absolute Gasteiger partial charge is 0.465 e. The zero-order chi connectivity index (χ0) is 10.4. The van der Waals surface area contributed by atoms with E-state index >= 15 is 0 Å². The maximum atomic E-state index is 10.3. The van der Waals surface area contributed by atoms with E-state index in [4.69, 9.17) is 15.0 Å². The molecule has 0 unspecified atom stereocenters. The van der Waals surface area contributed by atoms with Crippen molar-refractivity contribution in [3.8, 4) is 0 Å². The van der Waals surface area contributed by atoms with Gasteiger partial charge >= 0.3 is 0 Å². The van der Waals surface area contributed by atoms with Crippen LogP contribution in [0.4, 0.5) is 0 Å². The van der Waals surface area contributed by atoms with Crippen LogP contribution in [0, 0.1) is 0 Å². The second-order valence-corrected chi connectivity index (χ2v) is 2.80. The molecule has 1 rings (SSSR count). The van der Waals surface area contributed by atoms with Crippen molar-refractivity contribution in [3.05, 3.63) is 23.7 Å². The first-order valence-electron chi connectivity index (χ1n) is 4.43. The first kappa shape index (κ1) is 10.7. The molecule has 1 heterocycles. The van der Waals surface area contributed by atoms with Gasteiger partial charge in [-0.1, -0.05) is 6.92 Å². The third kappa shape index (κ3) is 3.59. The van der Waals surface area contributed by atoms with Crippen LogP contribution in [0.15, 0.2) is 16.5 Å². The molecule has 3 N–H and O–H groups in total. The van der Waals surface area contributed by atoms with E-state index < -0.39 is 5.91 Å². The second kappa shape index (κ2) is 5.41. The molecule has 1 amide bonds.